The largest absolute Gasteiger partial charge is 0.219 e. The van der Waals surface area contributed by atoms with Crippen molar-refractivity contribution in [2.45, 2.75) is 11.8 Å². The Hall–Kier alpha value is -0.810. The van der Waals surface area contributed by atoms with Crippen LogP contribution < -0.4 is 0 Å². The van der Waals surface area contributed by atoms with Crippen molar-refractivity contribution in [3.63, 3.8) is 0 Å². The molecule has 1 aliphatic heterocycles. The SMILES string of the molecule is CCSCC1=Cc2c(F)cccc2S1(=O)=O. The molecule has 1 aromatic carbocycles. The highest BCUT2D eigenvalue weighted by molar-refractivity contribution is 8.02. The molecule has 1 heterocycles. The first kappa shape index (κ1) is 11.7. The van der Waals surface area contributed by atoms with Gasteiger partial charge in [-0.1, -0.05) is 13.0 Å². The van der Waals surface area contributed by atoms with Gasteiger partial charge < -0.3 is 0 Å². The van der Waals surface area contributed by atoms with Crippen molar-refractivity contribution in [1.82, 2.24) is 0 Å². The highest BCUT2D eigenvalue weighted by Gasteiger charge is 2.30. The van der Waals surface area contributed by atoms with Crippen LogP contribution in [0, 0.1) is 5.82 Å². The molecule has 0 atom stereocenters. The summed E-state index contributed by atoms with van der Waals surface area (Å²) in [5.41, 5.74) is 0.203. The molecule has 2 rings (SSSR count). The molecule has 0 aliphatic carbocycles. The normalized spacial score (nSPS) is 17.0. The first-order valence-electron chi connectivity index (χ1n) is 4.89. The summed E-state index contributed by atoms with van der Waals surface area (Å²) >= 11 is 1.51. The molecule has 0 bridgehead atoms. The highest BCUT2D eigenvalue weighted by atomic mass is 32.2. The summed E-state index contributed by atoms with van der Waals surface area (Å²) in [6, 6.07) is 4.16. The van der Waals surface area contributed by atoms with Crippen molar-refractivity contribution in [2.24, 2.45) is 0 Å². The number of thioether (sulfide) groups is 1. The zero-order chi connectivity index (χ0) is 11.8. The van der Waals surface area contributed by atoms with Gasteiger partial charge in [0.1, 0.15) is 5.82 Å². The molecule has 0 radical (unpaired) electrons. The fourth-order valence-corrected chi connectivity index (χ4v) is 4.21. The van der Waals surface area contributed by atoms with Crippen molar-refractivity contribution < 1.29 is 12.8 Å². The minimum absolute atomic E-state index is 0.0965. The van der Waals surface area contributed by atoms with Crippen molar-refractivity contribution in [3.05, 3.63) is 34.5 Å². The van der Waals surface area contributed by atoms with E-state index < -0.39 is 15.7 Å². The molecule has 0 amide bonds. The van der Waals surface area contributed by atoms with E-state index in [1.54, 1.807) is 0 Å². The number of fused-ring (bicyclic) bond motifs is 1. The molecule has 0 fully saturated rings. The zero-order valence-corrected chi connectivity index (χ0v) is 10.4. The second-order valence-electron chi connectivity index (χ2n) is 3.40. The fourth-order valence-electron chi connectivity index (χ4n) is 1.59. The molecule has 5 heteroatoms. The van der Waals surface area contributed by atoms with Crippen LogP contribution in [0.3, 0.4) is 0 Å². The zero-order valence-electron chi connectivity index (χ0n) is 8.73. The first-order valence-corrected chi connectivity index (χ1v) is 7.53. The van der Waals surface area contributed by atoms with Crippen LogP contribution in [0.1, 0.15) is 12.5 Å². The Morgan fingerprint density at radius 3 is 2.75 bits per heavy atom. The van der Waals surface area contributed by atoms with E-state index in [2.05, 4.69) is 0 Å². The Kier molecular flexibility index (Phi) is 3.08. The average Bonchev–Trinajstić information content (AvgIpc) is 2.50. The van der Waals surface area contributed by atoms with Gasteiger partial charge in [-0.05, 0) is 24.0 Å². The third kappa shape index (κ3) is 1.78. The molecule has 0 saturated heterocycles. The predicted octanol–water partition coefficient (Wildman–Crippen LogP) is 2.71. The van der Waals surface area contributed by atoms with Crippen LogP contribution in [0.5, 0.6) is 0 Å². The Balaban J connectivity index is 2.49. The van der Waals surface area contributed by atoms with E-state index in [9.17, 15) is 12.8 Å². The Morgan fingerprint density at radius 2 is 2.12 bits per heavy atom. The van der Waals surface area contributed by atoms with Crippen LogP contribution in [0.15, 0.2) is 28.0 Å². The summed E-state index contributed by atoms with van der Waals surface area (Å²) in [4.78, 5) is 0.402. The van der Waals surface area contributed by atoms with Crippen LogP contribution >= 0.6 is 11.8 Å². The summed E-state index contributed by atoms with van der Waals surface area (Å²) in [6.07, 6.45) is 1.45. The van der Waals surface area contributed by atoms with E-state index >= 15 is 0 Å². The molecule has 86 valence electrons. The smallest absolute Gasteiger partial charge is 0.204 e. The van der Waals surface area contributed by atoms with E-state index in [0.29, 0.717) is 10.7 Å². The van der Waals surface area contributed by atoms with Gasteiger partial charge >= 0.3 is 0 Å². The maximum atomic E-state index is 13.4. The van der Waals surface area contributed by atoms with Crippen molar-refractivity contribution in [2.75, 3.05) is 11.5 Å². The molecule has 2 nitrogen and oxygen atoms in total. The molecule has 16 heavy (non-hydrogen) atoms. The van der Waals surface area contributed by atoms with Crippen molar-refractivity contribution in [1.29, 1.82) is 0 Å². The fraction of sp³-hybridized carbons (Fsp3) is 0.273. The highest BCUT2D eigenvalue weighted by Crippen LogP contribution is 2.35. The predicted molar refractivity (Wildman–Crippen MR) is 64.6 cm³/mol. The summed E-state index contributed by atoms with van der Waals surface area (Å²) in [5.74, 6) is 0.774. The molecule has 1 aromatic rings. The lowest BCUT2D eigenvalue weighted by atomic mass is 10.2. The van der Waals surface area contributed by atoms with Crippen LogP contribution in [-0.4, -0.2) is 19.9 Å². The topological polar surface area (TPSA) is 34.1 Å². The minimum Gasteiger partial charge on any atom is -0.219 e. The van der Waals surface area contributed by atoms with E-state index in [1.165, 1.54) is 36.0 Å². The minimum atomic E-state index is -3.44. The molecule has 0 aromatic heterocycles. The van der Waals surface area contributed by atoms with Gasteiger partial charge in [-0.2, -0.15) is 11.8 Å². The Bertz CT molecular complexity index is 547. The quantitative estimate of drug-likeness (QED) is 0.836. The molecular weight excluding hydrogens is 247 g/mol. The first-order chi connectivity index (χ1) is 7.57. The third-order valence-electron chi connectivity index (χ3n) is 2.40. The number of hydrogen-bond donors (Lipinski definition) is 0. The van der Waals surface area contributed by atoms with Gasteiger partial charge in [0.15, 0.2) is 0 Å². The van der Waals surface area contributed by atoms with Gasteiger partial charge in [-0.15, -0.1) is 0 Å². The lowest BCUT2D eigenvalue weighted by molar-refractivity contribution is 0.598. The number of hydrogen-bond acceptors (Lipinski definition) is 3. The van der Waals surface area contributed by atoms with Gasteiger partial charge in [-0.25, -0.2) is 12.8 Å². The van der Waals surface area contributed by atoms with E-state index in [0.717, 1.165) is 5.75 Å². The summed E-state index contributed by atoms with van der Waals surface area (Å²) in [5, 5.41) is 0. The van der Waals surface area contributed by atoms with E-state index in [1.807, 2.05) is 6.92 Å². The van der Waals surface area contributed by atoms with Gasteiger partial charge in [0.2, 0.25) is 9.84 Å². The van der Waals surface area contributed by atoms with Crippen LogP contribution in [0.4, 0.5) is 4.39 Å². The van der Waals surface area contributed by atoms with Gasteiger partial charge in [0.25, 0.3) is 0 Å². The molecule has 0 N–H and O–H groups in total. The summed E-state index contributed by atoms with van der Waals surface area (Å²) in [7, 11) is -3.44. The Labute approximate surface area is 98.5 Å². The number of benzene rings is 1. The number of rotatable bonds is 3. The maximum Gasteiger partial charge on any atom is 0.204 e. The molecule has 0 spiro atoms. The van der Waals surface area contributed by atoms with Crippen LogP contribution in [0.25, 0.3) is 6.08 Å². The standard InChI is InChI=1S/C11H11FO2S2/c1-2-15-7-8-6-9-10(12)4-3-5-11(9)16(8,13)14/h3-6H,2,7H2,1H3. The average molecular weight is 258 g/mol. The van der Waals surface area contributed by atoms with Crippen LogP contribution in [0.2, 0.25) is 0 Å². The second kappa shape index (κ2) is 4.22. The molecule has 0 saturated carbocycles. The summed E-state index contributed by atoms with van der Waals surface area (Å²) in [6.45, 7) is 1.96. The lowest BCUT2D eigenvalue weighted by Gasteiger charge is -2.02. The molecular formula is C11H11FO2S2. The number of sulfone groups is 1. The monoisotopic (exact) mass is 258 g/mol. The van der Waals surface area contributed by atoms with Gasteiger partial charge in [-0.3, -0.25) is 0 Å². The van der Waals surface area contributed by atoms with E-state index in [4.69, 9.17) is 0 Å². The van der Waals surface area contributed by atoms with Gasteiger partial charge in [0.05, 0.1) is 9.80 Å². The van der Waals surface area contributed by atoms with Crippen LogP contribution in [-0.2, 0) is 9.84 Å². The summed E-state index contributed by atoms with van der Waals surface area (Å²) < 4.78 is 37.4. The van der Waals surface area contributed by atoms with Crippen molar-refractivity contribution >= 4 is 27.7 Å². The van der Waals surface area contributed by atoms with Crippen molar-refractivity contribution in [3.8, 4) is 0 Å². The van der Waals surface area contributed by atoms with Gasteiger partial charge in [0, 0.05) is 11.3 Å². The second-order valence-corrected chi connectivity index (χ2v) is 6.65. The number of halogens is 1. The maximum absolute atomic E-state index is 13.4. The third-order valence-corrected chi connectivity index (χ3v) is 5.40. The Morgan fingerprint density at radius 1 is 1.38 bits per heavy atom. The molecule has 0 unspecified atom stereocenters. The lowest BCUT2D eigenvalue weighted by Crippen LogP contribution is -2.03. The van der Waals surface area contributed by atoms with E-state index in [-0.39, 0.29) is 10.5 Å². The molecule has 1 aliphatic rings.